The summed E-state index contributed by atoms with van der Waals surface area (Å²) in [4.78, 5) is 0. The predicted octanol–water partition coefficient (Wildman–Crippen LogP) is 2.87. The molecule has 0 saturated carbocycles. The fourth-order valence-electron chi connectivity index (χ4n) is 2.29. The van der Waals surface area contributed by atoms with Gasteiger partial charge in [-0.1, -0.05) is 6.92 Å². The monoisotopic (exact) mass is 307 g/mol. The van der Waals surface area contributed by atoms with Gasteiger partial charge >= 0.3 is 6.18 Å². The van der Waals surface area contributed by atoms with Crippen LogP contribution < -0.4 is 5.32 Å². The van der Waals surface area contributed by atoms with E-state index in [2.05, 4.69) is 5.32 Å². The third-order valence-corrected chi connectivity index (χ3v) is 5.24. The van der Waals surface area contributed by atoms with Crippen molar-refractivity contribution in [2.75, 3.05) is 16.8 Å². The quantitative estimate of drug-likeness (QED) is 0.934. The van der Waals surface area contributed by atoms with Crippen molar-refractivity contribution in [2.24, 2.45) is 0 Å². The summed E-state index contributed by atoms with van der Waals surface area (Å²) in [5.74, 6) is 0.0923. The molecule has 1 atom stereocenters. The van der Waals surface area contributed by atoms with Gasteiger partial charge in [0.05, 0.1) is 11.3 Å². The van der Waals surface area contributed by atoms with E-state index in [1.54, 1.807) is 6.92 Å². The lowest BCUT2D eigenvalue weighted by Gasteiger charge is -2.27. The maximum absolute atomic E-state index is 12.6. The molecule has 0 amide bonds. The SMILES string of the molecule is CCS(=O)(=O)C[C@@H]1CCc2cc(C(F)(F)F)ccc2N1. The van der Waals surface area contributed by atoms with Crippen LogP contribution in [0.3, 0.4) is 0 Å². The molecule has 0 spiro atoms. The second-order valence-corrected chi connectivity index (χ2v) is 7.35. The van der Waals surface area contributed by atoms with Crippen LogP contribution in [0.2, 0.25) is 0 Å². The molecule has 1 aliphatic rings. The molecule has 0 saturated heterocycles. The van der Waals surface area contributed by atoms with E-state index in [-0.39, 0.29) is 17.5 Å². The van der Waals surface area contributed by atoms with E-state index in [1.165, 1.54) is 6.07 Å². The van der Waals surface area contributed by atoms with Crippen molar-refractivity contribution in [3.63, 3.8) is 0 Å². The third-order valence-electron chi connectivity index (χ3n) is 3.45. The zero-order chi connectivity index (χ0) is 15.0. The molecule has 112 valence electrons. The summed E-state index contributed by atoms with van der Waals surface area (Å²) in [6.45, 7) is 1.59. The topological polar surface area (TPSA) is 46.2 Å². The smallest absolute Gasteiger partial charge is 0.381 e. The van der Waals surface area contributed by atoms with E-state index in [0.717, 1.165) is 12.1 Å². The number of halogens is 3. The molecule has 1 N–H and O–H groups in total. The fraction of sp³-hybridized carbons (Fsp3) is 0.538. The van der Waals surface area contributed by atoms with E-state index in [9.17, 15) is 21.6 Å². The van der Waals surface area contributed by atoms with Crippen molar-refractivity contribution in [3.05, 3.63) is 29.3 Å². The number of sulfone groups is 1. The van der Waals surface area contributed by atoms with Gasteiger partial charge in [0.2, 0.25) is 0 Å². The molecule has 0 fully saturated rings. The standard InChI is InChI=1S/C13H16F3NO2S/c1-2-20(18,19)8-11-5-3-9-7-10(13(14,15)16)4-6-12(9)17-11/h4,6-7,11,17H,2-3,5,8H2,1H3/t11-/m0/s1. The van der Waals surface area contributed by atoms with Crippen molar-refractivity contribution < 1.29 is 21.6 Å². The molecule has 20 heavy (non-hydrogen) atoms. The minimum Gasteiger partial charge on any atom is -0.381 e. The fourth-order valence-corrected chi connectivity index (χ4v) is 3.39. The summed E-state index contributed by atoms with van der Waals surface area (Å²) >= 11 is 0. The van der Waals surface area contributed by atoms with Gasteiger partial charge in [0.15, 0.2) is 9.84 Å². The Morgan fingerprint density at radius 1 is 1.35 bits per heavy atom. The summed E-state index contributed by atoms with van der Waals surface area (Å²) in [6, 6.07) is 3.29. The molecule has 1 heterocycles. The van der Waals surface area contributed by atoms with Gasteiger partial charge in [-0.15, -0.1) is 0 Å². The van der Waals surface area contributed by atoms with E-state index in [1.807, 2.05) is 0 Å². The molecule has 1 aliphatic heterocycles. The summed E-state index contributed by atoms with van der Waals surface area (Å²) in [7, 11) is -3.10. The number of aryl methyl sites for hydroxylation is 1. The molecule has 0 bridgehead atoms. The Labute approximate surface area is 116 Å². The Morgan fingerprint density at radius 2 is 2.05 bits per heavy atom. The van der Waals surface area contributed by atoms with E-state index in [4.69, 9.17) is 0 Å². The Balaban J connectivity index is 2.16. The Kier molecular flexibility index (Phi) is 4.00. The third kappa shape index (κ3) is 3.45. The van der Waals surface area contributed by atoms with Crippen LogP contribution in [-0.4, -0.2) is 26.0 Å². The summed E-state index contributed by atoms with van der Waals surface area (Å²) in [6.07, 6.45) is -3.37. The lowest BCUT2D eigenvalue weighted by atomic mass is 9.97. The molecule has 0 unspecified atom stereocenters. The highest BCUT2D eigenvalue weighted by atomic mass is 32.2. The molecule has 1 aromatic carbocycles. The number of benzene rings is 1. The zero-order valence-electron chi connectivity index (χ0n) is 11.0. The van der Waals surface area contributed by atoms with Gasteiger partial charge in [0, 0.05) is 17.5 Å². The van der Waals surface area contributed by atoms with Gasteiger partial charge in [-0.05, 0) is 36.6 Å². The Bertz CT molecular complexity index is 596. The van der Waals surface area contributed by atoms with Crippen LogP contribution in [0.4, 0.5) is 18.9 Å². The largest absolute Gasteiger partial charge is 0.416 e. The van der Waals surface area contributed by atoms with Crippen LogP contribution in [0.15, 0.2) is 18.2 Å². The van der Waals surface area contributed by atoms with Crippen LogP contribution in [0, 0.1) is 0 Å². The van der Waals surface area contributed by atoms with Crippen LogP contribution in [0.1, 0.15) is 24.5 Å². The van der Waals surface area contributed by atoms with Crippen molar-refractivity contribution >= 4 is 15.5 Å². The maximum Gasteiger partial charge on any atom is 0.416 e. The lowest BCUT2D eigenvalue weighted by Crippen LogP contribution is -2.33. The lowest BCUT2D eigenvalue weighted by molar-refractivity contribution is -0.137. The first kappa shape index (κ1) is 15.2. The Hall–Kier alpha value is -1.24. The normalized spacial score (nSPS) is 19.3. The molecule has 7 heteroatoms. The van der Waals surface area contributed by atoms with Crippen LogP contribution in [-0.2, 0) is 22.4 Å². The van der Waals surface area contributed by atoms with E-state index in [0.29, 0.717) is 24.1 Å². The van der Waals surface area contributed by atoms with Gasteiger partial charge in [0.1, 0.15) is 0 Å². The van der Waals surface area contributed by atoms with E-state index < -0.39 is 21.6 Å². The molecular weight excluding hydrogens is 291 g/mol. The highest BCUT2D eigenvalue weighted by Gasteiger charge is 2.32. The van der Waals surface area contributed by atoms with Gasteiger partial charge in [-0.2, -0.15) is 13.2 Å². The van der Waals surface area contributed by atoms with Gasteiger partial charge in [-0.3, -0.25) is 0 Å². The average Bonchev–Trinajstić information content (AvgIpc) is 2.36. The highest BCUT2D eigenvalue weighted by molar-refractivity contribution is 7.91. The minimum atomic E-state index is -4.35. The van der Waals surface area contributed by atoms with E-state index >= 15 is 0 Å². The Morgan fingerprint density at radius 3 is 2.65 bits per heavy atom. The molecule has 0 radical (unpaired) electrons. The second-order valence-electron chi connectivity index (χ2n) is 4.95. The van der Waals surface area contributed by atoms with Crippen molar-refractivity contribution in [3.8, 4) is 0 Å². The molecule has 1 aromatic rings. The first-order chi connectivity index (χ1) is 9.21. The van der Waals surface area contributed by atoms with Gasteiger partial charge < -0.3 is 5.32 Å². The summed E-state index contributed by atoms with van der Waals surface area (Å²) < 4.78 is 61.0. The zero-order valence-corrected chi connectivity index (χ0v) is 11.8. The number of nitrogens with one attached hydrogen (secondary N) is 1. The number of hydrogen-bond donors (Lipinski definition) is 1. The maximum atomic E-state index is 12.6. The predicted molar refractivity (Wildman–Crippen MR) is 71.5 cm³/mol. The number of alkyl halides is 3. The molecular formula is C13H16F3NO2S. The van der Waals surface area contributed by atoms with Crippen molar-refractivity contribution in [1.29, 1.82) is 0 Å². The van der Waals surface area contributed by atoms with Crippen molar-refractivity contribution in [1.82, 2.24) is 0 Å². The molecule has 3 nitrogen and oxygen atoms in total. The number of hydrogen-bond acceptors (Lipinski definition) is 3. The number of fused-ring (bicyclic) bond motifs is 1. The molecule has 0 aliphatic carbocycles. The highest BCUT2D eigenvalue weighted by Crippen LogP contribution is 2.34. The molecule has 0 aromatic heterocycles. The van der Waals surface area contributed by atoms with Gasteiger partial charge in [0.25, 0.3) is 0 Å². The summed E-state index contributed by atoms with van der Waals surface area (Å²) in [5, 5.41) is 3.02. The first-order valence-electron chi connectivity index (χ1n) is 6.38. The van der Waals surface area contributed by atoms with Gasteiger partial charge in [-0.25, -0.2) is 8.42 Å². The molecule has 2 rings (SSSR count). The van der Waals surface area contributed by atoms with Crippen LogP contribution in [0.5, 0.6) is 0 Å². The first-order valence-corrected chi connectivity index (χ1v) is 8.20. The number of anilines is 1. The summed E-state index contributed by atoms with van der Waals surface area (Å²) in [5.41, 5.74) is 0.517. The average molecular weight is 307 g/mol. The van der Waals surface area contributed by atoms with Crippen molar-refractivity contribution in [2.45, 2.75) is 32.0 Å². The van der Waals surface area contributed by atoms with Crippen LogP contribution >= 0.6 is 0 Å². The van der Waals surface area contributed by atoms with Crippen LogP contribution in [0.25, 0.3) is 0 Å². The minimum absolute atomic E-state index is 0.0178. The second kappa shape index (κ2) is 5.27. The number of rotatable bonds is 3.